The van der Waals surface area contributed by atoms with Crippen LogP contribution in [0.15, 0.2) is 42.7 Å². The molecule has 0 unspecified atom stereocenters. The van der Waals surface area contributed by atoms with Crippen LogP contribution in [0.2, 0.25) is 5.02 Å². The Morgan fingerprint density at radius 1 is 1.26 bits per heavy atom. The third-order valence-electron chi connectivity index (χ3n) is 2.77. The first-order chi connectivity index (χ1) is 9.16. The average Bonchev–Trinajstić information content (AvgIpc) is 2.83. The first kappa shape index (κ1) is 11.7. The average molecular weight is 274 g/mol. The van der Waals surface area contributed by atoms with Crippen LogP contribution in [-0.2, 0) is 0 Å². The van der Waals surface area contributed by atoms with E-state index in [0.29, 0.717) is 5.82 Å². The van der Waals surface area contributed by atoms with Crippen molar-refractivity contribution < 1.29 is 9.90 Å². The van der Waals surface area contributed by atoms with Crippen LogP contribution in [0.4, 0.5) is 0 Å². The fourth-order valence-corrected chi connectivity index (χ4v) is 2.05. The van der Waals surface area contributed by atoms with Crippen LogP contribution in [-0.4, -0.2) is 25.8 Å². The molecule has 5 nitrogen and oxygen atoms in total. The predicted octanol–water partition coefficient (Wildman–Crippen LogP) is 2.77. The highest BCUT2D eigenvalue weighted by Gasteiger charge is 2.13. The molecule has 1 aromatic carbocycles. The van der Waals surface area contributed by atoms with Gasteiger partial charge in [0.25, 0.3) is 0 Å². The van der Waals surface area contributed by atoms with Crippen LogP contribution >= 0.6 is 11.6 Å². The summed E-state index contributed by atoms with van der Waals surface area (Å²) in [5.74, 6) is -0.673. The van der Waals surface area contributed by atoms with Crippen LogP contribution < -0.4 is 0 Å². The molecule has 19 heavy (non-hydrogen) atoms. The van der Waals surface area contributed by atoms with Crippen molar-refractivity contribution in [3.05, 3.63) is 53.3 Å². The number of halogens is 1. The topological polar surface area (TPSA) is 68.0 Å². The molecular weight excluding hydrogens is 266 g/mol. The van der Waals surface area contributed by atoms with Crippen molar-refractivity contribution in [2.24, 2.45) is 0 Å². The molecule has 0 saturated heterocycles. The van der Waals surface area contributed by atoms with Crippen LogP contribution in [0.1, 0.15) is 10.4 Å². The SMILES string of the molecule is O=C(O)c1cc(-n2ncc3ccccc32)ncc1Cl. The molecule has 0 aliphatic carbocycles. The largest absolute Gasteiger partial charge is 0.478 e. The Hall–Kier alpha value is -2.40. The number of rotatable bonds is 2. The summed E-state index contributed by atoms with van der Waals surface area (Å²) in [6.45, 7) is 0. The molecule has 0 radical (unpaired) electrons. The van der Waals surface area contributed by atoms with E-state index in [1.807, 2.05) is 24.3 Å². The first-order valence-electron chi connectivity index (χ1n) is 5.49. The van der Waals surface area contributed by atoms with Crippen molar-refractivity contribution in [1.29, 1.82) is 0 Å². The molecule has 0 saturated carbocycles. The maximum atomic E-state index is 11.1. The van der Waals surface area contributed by atoms with E-state index in [1.165, 1.54) is 12.3 Å². The maximum absolute atomic E-state index is 11.1. The minimum atomic E-state index is -1.09. The van der Waals surface area contributed by atoms with E-state index >= 15 is 0 Å². The van der Waals surface area contributed by atoms with Gasteiger partial charge in [-0.1, -0.05) is 29.8 Å². The summed E-state index contributed by atoms with van der Waals surface area (Å²) < 4.78 is 1.58. The zero-order chi connectivity index (χ0) is 13.4. The number of nitrogens with zero attached hydrogens (tertiary/aromatic N) is 3. The lowest BCUT2D eigenvalue weighted by molar-refractivity contribution is 0.0697. The highest BCUT2D eigenvalue weighted by atomic mass is 35.5. The van der Waals surface area contributed by atoms with Crippen molar-refractivity contribution in [2.45, 2.75) is 0 Å². The Morgan fingerprint density at radius 3 is 2.84 bits per heavy atom. The van der Waals surface area contributed by atoms with Crippen LogP contribution in [0.5, 0.6) is 0 Å². The number of benzene rings is 1. The number of aromatic carboxylic acids is 1. The summed E-state index contributed by atoms with van der Waals surface area (Å²) in [7, 11) is 0. The molecule has 94 valence electrons. The van der Waals surface area contributed by atoms with Gasteiger partial charge in [0.2, 0.25) is 0 Å². The van der Waals surface area contributed by atoms with E-state index in [-0.39, 0.29) is 10.6 Å². The van der Waals surface area contributed by atoms with Gasteiger partial charge in [-0.2, -0.15) is 5.10 Å². The summed E-state index contributed by atoms with van der Waals surface area (Å²) in [5.41, 5.74) is 0.861. The Balaban J connectivity index is 2.22. The van der Waals surface area contributed by atoms with Crippen molar-refractivity contribution in [1.82, 2.24) is 14.8 Å². The van der Waals surface area contributed by atoms with Crippen molar-refractivity contribution in [3.8, 4) is 5.82 Å². The van der Waals surface area contributed by atoms with E-state index in [0.717, 1.165) is 10.9 Å². The molecule has 0 amide bonds. The van der Waals surface area contributed by atoms with E-state index in [2.05, 4.69) is 10.1 Å². The Kier molecular flexibility index (Phi) is 2.68. The number of hydrogen-bond donors (Lipinski definition) is 1. The fraction of sp³-hybridized carbons (Fsp3) is 0. The lowest BCUT2D eigenvalue weighted by atomic mass is 10.2. The molecule has 0 atom stereocenters. The molecular formula is C13H8ClN3O2. The van der Waals surface area contributed by atoms with Crippen LogP contribution in [0.3, 0.4) is 0 Å². The van der Waals surface area contributed by atoms with Gasteiger partial charge in [-0.15, -0.1) is 0 Å². The summed E-state index contributed by atoms with van der Waals surface area (Å²) in [6, 6.07) is 9.01. The molecule has 0 bridgehead atoms. The van der Waals surface area contributed by atoms with Crippen LogP contribution in [0, 0.1) is 0 Å². The number of carboxylic acid groups (broad SMARTS) is 1. The number of carboxylic acids is 1. The molecule has 0 spiro atoms. The van der Waals surface area contributed by atoms with Crippen molar-refractivity contribution in [2.75, 3.05) is 0 Å². The second-order valence-electron chi connectivity index (χ2n) is 3.94. The van der Waals surface area contributed by atoms with Gasteiger partial charge in [-0.25, -0.2) is 14.5 Å². The third kappa shape index (κ3) is 1.94. The maximum Gasteiger partial charge on any atom is 0.337 e. The lowest BCUT2D eigenvalue weighted by Crippen LogP contribution is -2.04. The van der Waals surface area contributed by atoms with Gasteiger partial charge in [0, 0.05) is 11.6 Å². The normalized spacial score (nSPS) is 10.8. The first-order valence-corrected chi connectivity index (χ1v) is 5.86. The second kappa shape index (κ2) is 4.37. The molecule has 1 N–H and O–H groups in total. The van der Waals surface area contributed by atoms with Gasteiger partial charge in [0.1, 0.15) is 0 Å². The minimum Gasteiger partial charge on any atom is -0.478 e. The van der Waals surface area contributed by atoms with Crippen molar-refractivity contribution in [3.63, 3.8) is 0 Å². The highest BCUT2D eigenvalue weighted by molar-refractivity contribution is 6.33. The number of fused-ring (bicyclic) bond motifs is 1. The molecule has 0 fully saturated rings. The summed E-state index contributed by atoms with van der Waals surface area (Å²) in [6.07, 6.45) is 3.02. The van der Waals surface area contributed by atoms with E-state index in [1.54, 1.807) is 10.9 Å². The van der Waals surface area contributed by atoms with Gasteiger partial charge in [-0.3, -0.25) is 0 Å². The number of hydrogen-bond acceptors (Lipinski definition) is 3. The Morgan fingerprint density at radius 2 is 2.05 bits per heavy atom. The lowest BCUT2D eigenvalue weighted by Gasteiger charge is -2.05. The molecule has 3 aromatic rings. The Bertz CT molecular complexity index is 782. The quantitative estimate of drug-likeness (QED) is 0.779. The zero-order valence-electron chi connectivity index (χ0n) is 9.62. The van der Waals surface area contributed by atoms with E-state index in [4.69, 9.17) is 16.7 Å². The summed E-state index contributed by atoms with van der Waals surface area (Å²) >= 11 is 5.80. The summed E-state index contributed by atoms with van der Waals surface area (Å²) in [4.78, 5) is 15.2. The molecule has 2 aromatic heterocycles. The van der Waals surface area contributed by atoms with Gasteiger partial charge < -0.3 is 5.11 Å². The number of pyridine rings is 1. The van der Waals surface area contributed by atoms with Gasteiger partial charge in [0.15, 0.2) is 5.82 Å². The molecule has 6 heteroatoms. The van der Waals surface area contributed by atoms with E-state index < -0.39 is 5.97 Å². The standard InChI is InChI=1S/C13H8ClN3O2/c14-10-7-15-12(5-9(10)13(18)19)17-11-4-2-1-3-8(11)6-16-17/h1-7H,(H,18,19). The smallest absolute Gasteiger partial charge is 0.337 e. The minimum absolute atomic E-state index is 0.00578. The molecule has 0 aliphatic heterocycles. The zero-order valence-corrected chi connectivity index (χ0v) is 10.4. The monoisotopic (exact) mass is 273 g/mol. The van der Waals surface area contributed by atoms with E-state index in [9.17, 15) is 4.79 Å². The van der Waals surface area contributed by atoms with Gasteiger partial charge >= 0.3 is 5.97 Å². The number of carbonyl (C=O) groups is 1. The summed E-state index contributed by atoms with van der Waals surface area (Å²) in [5, 5.41) is 14.3. The second-order valence-corrected chi connectivity index (χ2v) is 4.35. The van der Waals surface area contributed by atoms with Crippen molar-refractivity contribution >= 4 is 28.5 Å². The van der Waals surface area contributed by atoms with Gasteiger partial charge in [0.05, 0.1) is 22.3 Å². The van der Waals surface area contributed by atoms with Crippen LogP contribution in [0.25, 0.3) is 16.7 Å². The number of para-hydroxylation sites is 1. The molecule has 2 heterocycles. The van der Waals surface area contributed by atoms with Gasteiger partial charge in [-0.05, 0) is 12.1 Å². The Labute approximate surface area is 113 Å². The predicted molar refractivity (Wildman–Crippen MR) is 70.8 cm³/mol. The third-order valence-corrected chi connectivity index (χ3v) is 3.07. The highest BCUT2D eigenvalue weighted by Crippen LogP contribution is 2.20. The molecule has 3 rings (SSSR count). The molecule has 0 aliphatic rings. The number of aromatic nitrogens is 3. The fourth-order valence-electron chi connectivity index (χ4n) is 1.86.